The molecule has 0 unspecified atom stereocenters. The zero-order valence-corrected chi connectivity index (χ0v) is 21.0. The molecule has 4 rings (SSSR count). The van der Waals surface area contributed by atoms with Crippen LogP contribution in [-0.2, 0) is 9.59 Å². The van der Waals surface area contributed by atoms with E-state index in [-0.39, 0.29) is 23.6 Å². The summed E-state index contributed by atoms with van der Waals surface area (Å²) in [6.45, 7) is 0.615. The Morgan fingerprint density at radius 2 is 1.89 bits per heavy atom. The summed E-state index contributed by atoms with van der Waals surface area (Å²) in [4.78, 5) is 41.9. The number of aliphatic hydroxyl groups is 1. The van der Waals surface area contributed by atoms with Gasteiger partial charge >= 0.3 is 0 Å². The van der Waals surface area contributed by atoms with Crippen LogP contribution >= 0.6 is 11.8 Å². The molecular formula is C26H36N4O4S. The number of H-pyrrole nitrogens is 1. The Hall–Kier alpha value is -2.52. The maximum atomic E-state index is 13.5. The smallest absolute Gasteiger partial charge is 0.268 e. The number of nitrogens with one attached hydrogen (secondary N) is 4. The molecule has 0 bridgehead atoms. The fourth-order valence-corrected chi connectivity index (χ4v) is 5.80. The molecule has 4 atom stereocenters. The number of benzene rings is 1. The van der Waals surface area contributed by atoms with Gasteiger partial charge in [0.05, 0.1) is 6.04 Å². The average molecular weight is 501 g/mol. The molecule has 2 heterocycles. The normalized spacial score (nSPS) is 21.3. The number of aromatic nitrogens is 1. The fourth-order valence-electron chi connectivity index (χ4n) is 5.29. The molecular weight excluding hydrogens is 464 g/mol. The van der Waals surface area contributed by atoms with Gasteiger partial charge in [0.2, 0.25) is 11.8 Å². The quantitative estimate of drug-likeness (QED) is 0.321. The van der Waals surface area contributed by atoms with Crippen LogP contribution in [0.2, 0.25) is 0 Å². The maximum absolute atomic E-state index is 13.5. The van der Waals surface area contributed by atoms with Crippen LogP contribution in [0.1, 0.15) is 61.9 Å². The Bertz CT molecular complexity index is 1000. The van der Waals surface area contributed by atoms with Crippen LogP contribution in [0.5, 0.6) is 0 Å². The number of hydrogen-bond acceptors (Lipinski definition) is 5. The van der Waals surface area contributed by atoms with Crippen molar-refractivity contribution in [3.63, 3.8) is 0 Å². The predicted octanol–water partition coefficient (Wildman–Crippen LogP) is 2.93. The van der Waals surface area contributed by atoms with Crippen LogP contribution in [0.4, 0.5) is 0 Å². The van der Waals surface area contributed by atoms with Crippen molar-refractivity contribution in [3.05, 3.63) is 36.0 Å². The average Bonchev–Trinajstić information content (AvgIpc) is 3.49. The van der Waals surface area contributed by atoms with E-state index in [2.05, 4.69) is 20.9 Å². The summed E-state index contributed by atoms with van der Waals surface area (Å²) < 4.78 is 0. The summed E-state index contributed by atoms with van der Waals surface area (Å²) in [6, 6.07) is 8.16. The summed E-state index contributed by atoms with van der Waals surface area (Å²) in [5.41, 5.74) is 0.437. The molecule has 0 spiro atoms. The van der Waals surface area contributed by atoms with E-state index in [1.54, 1.807) is 12.3 Å². The SMILES string of the molecule is CS[C@@H](O)[C@H](C[C@@H]1CCNC1=O)NC(=O)[C@H](CC1CCCCC1)NC(=O)c1cc2ccccc2[nH]1. The lowest BCUT2D eigenvalue weighted by Crippen LogP contribution is -2.53. The Kier molecular flexibility index (Phi) is 8.73. The second kappa shape index (κ2) is 11.9. The van der Waals surface area contributed by atoms with Crippen LogP contribution in [0.25, 0.3) is 10.9 Å². The molecule has 8 nitrogen and oxygen atoms in total. The molecule has 1 aliphatic heterocycles. The van der Waals surface area contributed by atoms with Crippen molar-refractivity contribution in [3.8, 4) is 0 Å². The standard InChI is InChI=1S/C26H36N4O4S/c1-35-26(34)22(15-18-11-12-27-23(18)31)30-24(32)20(13-16-7-3-2-4-8-16)29-25(33)21-14-17-9-5-6-10-19(17)28-21/h5-6,9-10,14,16,18,20,22,26,28,34H,2-4,7-8,11-13,15H2,1H3,(H,27,31)(H,29,33)(H,30,32)/t18-,20-,22-,26+/m0/s1. The van der Waals surface area contributed by atoms with Crippen LogP contribution in [0.3, 0.4) is 0 Å². The molecule has 1 saturated heterocycles. The van der Waals surface area contributed by atoms with Gasteiger partial charge in [-0.1, -0.05) is 50.3 Å². The van der Waals surface area contributed by atoms with Crippen molar-refractivity contribution in [2.24, 2.45) is 11.8 Å². The van der Waals surface area contributed by atoms with E-state index in [0.717, 1.165) is 36.6 Å². The predicted molar refractivity (Wildman–Crippen MR) is 138 cm³/mol. The topological polar surface area (TPSA) is 123 Å². The van der Waals surface area contributed by atoms with Gasteiger partial charge in [-0.2, -0.15) is 0 Å². The highest BCUT2D eigenvalue weighted by atomic mass is 32.2. The van der Waals surface area contributed by atoms with Gasteiger partial charge in [-0.15, -0.1) is 11.8 Å². The van der Waals surface area contributed by atoms with Gasteiger partial charge in [0, 0.05) is 23.4 Å². The number of fused-ring (bicyclic) bond motifs is 1. The largest absolute Gasteiger partial charge is 0.380 e. The second-order valence-electron chi connectivity index (χ2n) is 9.79. The number of para-hydroxylation sites is 1. The van der Waals surface area contributed by atoms with Gasteiger partial charge in [-0.25, -0.2) is 0 Å². The highest BCUT2D eigenvalue weighted by Crippen LogP contribution is 2.28. The molecule has 2 aromatic rings. The van der Waals surface area contributed by atoms with E-state index >= 15 is 0 Å². The van der Waals surface area contributed by atoms with Crippen molar-refractivity contribution >= 4 is 40.4 Å². The number of amides is 3. The third-order valence-electron chi connectivity index (χ3n) is 7.30. The minimum Gasteiger partial charge on any atom is -0.380 e. The Labute approximate surface area is 210 Å². The number of carbonyl (C=O) groups excluding carboxylic acids is 3. The van der Waals surface area contributed by atoms with Gasteiger partial charge < -0.3 is 26.0 Å². The molecule has 0 radical (unpaired) electrons. The van der Waals surface area contributed by atoms with Crippen molar-refractivity contribution in [1.29, 1.82) is 0 Å². The minimum atomic E-state index is -0.841. The van der Waals surface area contributed by atoms with Crippen LogP contribution in [0.15, 0.2) is 30.3 Å². The van der Waals surface area contributed by atoms with Gasteiger partial charge in [0.25, 0.3) is 5.91 Å². The first-order chi connectivity index (χ1) is 16.9. The van der Waals surface area contributed by atoms with Crippen molar-refractivity contribution in [1.82, 2.24) is 20.9 Å². The van der Waals surface area contributed by atoms with Gasteiger partial charge in [0.15, 0.2) is 0 Å². The molecule has 1 aromatic carbocycles. The highest BCUT2D eigenvalue weighted by Gasteiger charge is 2.34. The number of hydrogen-bond donors (Lipinski definition) is 5. The summed E-state index contributed by atoms with van der Waals surface area (Å²) in [7, 11) is 0. The molecule has 1 aromatic heterocycles. The molecule has 190 valence electrons. The van der Waals surface area contributed by atoms with Crippen LogP contribution < -0.4 is 16.0 Å². The van der Waals surface area contributed by atoms with Crippen molar-refractivity contribution in [2.45, 2.75) is 68.9 Å². The van der Waals surface area contributed by atoms with Crippen LogP contribution in [-0.4, -0.2) is 58.1 Å². The maximum Gasteiger partial charge on any atom is 0.268 e. The zero-order chi connectivity index (χ0) is 24.8. The fraction of sp³-hybridized carbons (Fsp3) is 0.577. The lowest BCUT2D eigenvalue weighted by atomic mass is 9.84. The third kappa shape index (κ3) is 6.58. The highest BCUT2D eigenvalue weighted by molar-refractivity contribution is 7.99. The number of rotatable bonds is 10. The van der Waals surface area contributed by atoms with Crippen molar-refractivity contribution < 1.29 is 19.5 Å². The van der Waals surface area contributed by atoms with Crippen LogP contribution in [0, 0.1) is 11.8 Å². The van der Waals surface area contributed by atoms with E-state index in [1.165, 1.54) is 18.2 Å². The first kappa shape index (κ1) is 25.6. The van der Waals surface area contributed by atoms with E-state index in [1.807, 2.05) is 24.3 Å². The molecule has 35 heavy (non-hydrogen) atoms. The van der Waals surface area contributed by atoms with E-state index in [9.17, 15) is 19.5 Å². The summed E-state index contributed by atoms with van der Waals surface area (Å²) in [5.74, 6) is -0.541. The zero-order valence-electron chi connectivity index (χ0n) is 20.2. The molecule has 1 aliphatic carbocycles. The first-order valence-corrected chi connectivity index (χ1v) is 13.9. The lowest BCUT2D eigenvalue weighted by Gasteiger charge is -2.30. The molecule has 3 amide bonds. The van der Waals surface area contributed by atoms with Gasteiger partial charge in [-0.05, 0) is 43.6 Å². The third-order valence-corrected chi connectivity index (χ3v) is 8.12. The Morgan fingerprint density at radius 1 is 1.11 bits per heavy atom. The second-order valence-corrected chi connectivity index (χ2v) is 10.7. The molecule has 2 aliphatic rings. The van der Waals surface area contributed by atoms with Gasteiger partial charge in [0.1, 0.15) is 17.2 Å². The van der Waals surface area contributed by atoms with E-state index in [0.29, 0.717) is 37.4 Å². The number of aromatic amines is 1. The Morgan fingerprint density at radius 3 is 2.57 bits per heavy atom. The summed E-state index contributed by atoms with van der Waals surface area (Å²) in [5, 5.41) is 20.3. The molecule has 5 N–H and O–H groups in total. The number of thioether (sulfide) groups is 1. The van der Waals surface area contributed by atoms with E-state index < -0.39 is 17.5 Å². The molecule has 1 saturated carbocycles. The summed E-state index contributed by atoms with van der Waals surface area (Å²) in [6.07, 6.45) is 8.97. The lowest BCUT2D eigenvalue weighted by molar-refractivity contribution is -0.126. The number of aliphatic hydroxyl groups excluding tert-OH is 1. The summed E-state index contributed by atoms with van der Waals surface area (Å²) >= 11 is 1.24. The Balaban J connectivity index is 1.48. The van der Waals surface area contributed by atoms with Gasteiger partial charge in [-0.3, -0.25) is 14.4 Å². The van der Waals surface area contributed by atoms with Crippen molar-refractivity contribution in [2.75, 3.05) is 12.8 Å². The molecule has 2 fully saturated rings. The number of carbonyl (C=O) groups is 3. The molecule has 9 heteroatoms. The first-order valence-electron chi connectivity index (χ1n) is 12.6. The monoisotopic (exact) mass is 500 g/mol. The minimum absolute atomic E-state index is 0.0385. The van der Waals surface area contributed by atoms with E-state index in [4.69, 9.17) is 0 Å².